The molecule has 0 saturated heterocycles. The zero-order valence-corrected chi connectivity index (χ0v) is 13.6. The number of rotatable bonds is 5. The molecule has 0 aliphatic rings. The van der Waals surface area contributed by atoms with E-state index in [9.17, 15) is 12.8 Å². The number of halogens is 1. The second-order valence-electron chi connectivity index (χ2n) is 5.44. The Bertz CT molecular complexity index is 775. The minimum absolute atomic E-state index is 0.108. The van der Waals surface area contributed by atoms with Crippen molar-refractivity contribution in [1.82, 2.24) is 10.3 Å². The molecule has 1 heterocycles. The number of nitrogens with one attached hydrogen (secondary N) is 1. The predicted octanol–water partition coefficient (Wildman–Crippen LogP) is 2.78. The third kappa shape index (κ3) is 4.11. The molecule has 4 nitrogen and oxygen atoms in total. The van der Waals surface area contributed by atoms with Gasteiger partial charge in [0.25, 0.3) is 0 Å². The van der Waals surface area contributed by atoms with Gasteiger partial charge in [-0.3, -0.25) is 4.98 Å². The molecule has 0 saturated carbocycles. The van der Waals surface area contributed by atoms with Crippen LogP contribution in [0.5, 0.6) is 0 Å². The molecule has 0 aliphatic heterocycles. The summed E-state index contributed by atoms with van der Waals surface area (Å²) in [5.41, 5.74) is 2.82. The zero-order valence-electron chi connectivity index (χ0n) is 12.8. The molecule has 1 aromatic heterocycles. The van der Waals surface area contributed by atoms with Crippen molar-refractivity contribution in [3.8, 4) is 0 Å². The van der Waals surface area contributed by atoms with Gasteiger partial charge in [-0.1, -0.05) is 12.1 Å². The lowest BCUT2D eigenvalue weighted by molar-refractivity contribution is 0.550. The zero-order chi connectivity index (χ0) is 16.3. The highest BCUT2D eigenvalue weighted by atomic mass is 32.2. The first-order valence-corrected chi connectivity index (χ1v) is 8.80. The summed E-state index contributed by atoms with van der Waals surface area (Å²) in [5, 5.41) is 3.27. The predicted molar refractivity (Wildman–Crippen MR) is 83.7 cm³/mol. The van der Waals surface area contributed by atoms with Crippen LogP contribution in [0.25, 0.3) is 0 Å². The van der Waals surface area contributed by atoms with Gasteiger partial charge in [0, 0.05) is 31.2 Å². The smallest absolute Gasteiger partial charge is 0.178 e. The standard InChI is InChI=1S/C16H19FN2O2S/c1-11-6-13(9-18-8-11)10-19-12(2)14-4-5-16(15(17)7-14)22(3,20)21/h4-9,12,19H,10H2,1-3H3. The maximum Gasteiger partial charge on any atom is 0.178 e. The normalized spacial score (nSPS) is 13.1. The van der Waals surface area contributed by atoms with Gasteiger partial charge in [0.05, 0.1) is 0 Å². The van der Waals surface area contributed by atoms with Crippen LogP contribution in [0.4, 0.5) is 4.39 Å². The van der Waals surface area contributed by atoms with Crippen molar-refractivity contribution >= 4 is 9.84 Å². The van der Waals surface area contributed by atoms with Crippen molar-refractivity contribution in [3.63, 3.8) is 0 Å². The van der Waals surface area contributed by atoms with Crippen molar-refractivity contribution < 1.29 is 12.8 Å². The van der Waals surface area contributed by atoms with Crippen LogP contribution >= 0.6 is 0 Å². The number of benzene rings is 1. The molecule has 0 aliphatic carbocycles. The highest BCUT2D eigenvalue weighted by Gasteiger charge is 2.15. The highest BCUT2D eigenvalue weighted by molar-refractivity contribution is 7.90. The van der Waals surface area contributed by atoms with E-state index in [4.69, 9.17) is 0 Å². The molecular formula is C16H19FN2O2S. The molecule has 2 aromatic rings. The van der Waals surface area contributed by atoms with Crippen LogP contribution in [0.1, 0.15) is 29.7 Å². The van der Waals surface area contributed by atoms with Crippen molar-refractivity contribution in [2.24, 2.45) is 0 Å². The number of sulfone groups is 1. The second-order valence-corrected chi connectivity index (χ2v) is 7.42. The second kappa shape index (κ2) is 6.54. The number of aryl methyl sites for hydroxylation is 1. The van der Waals surface area contributed by atoms with E-state index in [1.54, 1.807) is 18.5 Å². The molecule has 0 fully saturated rings. The Balaban J connectivity index is 2.10. The van der Waals surface area contributed by atoms with Crippen LogP contribution in [0, 0.1) is 12.7 Å². The first-order chi connectivity index (χ1) is 10.3. The number of nitrogens with zero attached hydrogens (tertiary/aromatic N) is 1. The van der Waals surface area contributed by atoms with Gasteiger partial charge in [0.15, 0.2) is 9.84 Å². The maximum atomic E-state index is 13.9. The summed E-state index contributed by atoms with van der Waals surface area (Å²) in [5.74, 6) is -0.717. The summed E-state index contributed by atoms with van der Waals surface area (Å²) in [4.78, 5) is 3.85. The Morgan fingerprint density at radius 1 is 1.27 bits per heavy atom. The summed E-state index contributed by atoms with van der Waals surface area (Å²) >= 11 is 0. The molecule has 0 bridgehead atoms. The summed E-state index contributed by atoms with van der Waals surface area (Å²) in [6, 6.07) is 6.13. The number of hydrogen-bond acceptors (Lipinski definition) is 4. The molecule has 22 heavy (non-hydrogen) atoms. The summed E-state index contributed by atoms with van der Waals surface area (Å²) < 4.78 is 36.7. The van der Waals surface area contributed by atoms with E-state index >= 15 is 0 Å². The Labute approximate surface area is 130 Å². The molecular weight excluding hydrogens is 303 g/mol. The highest BCUT2D eigenvalue weighted by Crippen LogP contribution is 2.20. The van der Waals surface area contributed by atoms with E-state index in [0.29, 0.717) is 12.1 Å². The van der Waals surface area contributed by atoms with E-state index in [2.05, 4.69) is 10.3 Å². The van der Waals surface area contributed by atoms with E-state index in [1.807, 2.05) is 19.9 Å². The molecule has 0 amide bonds. The van der Waals surface area contributed by atoms with Crippen LogP contribution in [-0.2, 0) is 16.4 Å². The first kappa shape index (κ1) is 16.6. The molecule has 1 atom stereocenters. The van der Waals surface area contributed by atoms with Crippen LogP contribution in [0.15, 0.2) is 41.6 Å². The van der Waals surface area contributed by atoms with Gasteiger partial charge in [-0.2, -0.15) is 0 Å². The van der Waals surface area contributed by atoms with Crippen molar-refractivity contribution in [2.45, 2.75) is 31.3 Å². The van der Waals surface area contributed by atoms with Crippen molar-refractivity contribution in [3.05, 3.63) is 59.2 Å². The number of pyridine rings is 1. The molecule has 118 valence electrons. The minimum Gasteiger partial charge on any atom is -0.306 e. The Hall–Kier alpha value is -1.79. The third-order valence-electron chi connectivity index (χ3n) is 3.40. The lowest BCUT2D eigenvalue weighted by atomic mass is 10.1. The van der Waals surface area contributed by atoms with Gasteiger partial charge in [-0.25, -0.2) is 12.8 Å². The maximum absolute atomic E-state index is 13.9. The average Bonchev–Trinajstić information content (AvgIpc) is 2.43. The van der Waals surface area contributed by atoms with Crippen molar-refractivity contribution in [2.75, 3.05) is 6.26 Å². The molecule has 0 spiro atoms. The van der Waals surface area contributed by atoms with Crippen LogP contribution in [-0.4, -0.2) is 19.7 Å². The molecule has 6 heteroatoms. The summed E-state index contributed by atoms with van der Waals surface area (Å²) in [7, 11) is -3.54. The fraction of sp³-hybridized carbons (Fsp3) is 0.312. The third-order valence-corrected chi connectivity index (χ3v) is 4.53. The first-order valence-electron chi connectivity index (χ1n) is 6.91. The van der Waals surface area contributed by atoms with Crippen molar-refractivity contribution in [1.29, 1.82) is 0 Å². The topological polar surface area (TPSA) is 59.1 Å². The lowest BCUT2D eigenvalue weighted by Crippen LogP contribution is -2.18. The van der Waals surface area contributed by atoms with E-state index in [-0.39, 0.29) is 10.9 Å². The van der Waals surface area contributed by atoms with Gasteiger partial charge >= 0.3 is 0 Å². The quantitative estimate of drug-likeness (QED) is 0.919. The summed E-state index contributed by atoms with van der Waals surface area (Å²) in [6.45, 7) is 4.47. The van der Waals surface area contributed by atoms with E-state index in [1.165, 1.54) is 12.1 Å². The summed E-state index contributed by atoms with van der Waals surface area (Å²) in [6.07, 6.45) is 4.56. The van der Waals surface area contributed by atoms with Crippen LogP contribution in [0.3, 0.4) is 0 Å². The Morgan fingerprint density at radius 2 is 2.00 bits per heavy atom. The van der Waals surface area contributed by atoms with Gasteiger partial charge < -0.3 is 5.32 Å². The van der Waals surface area contributed by atoms with Gasteiger partial charge in [0.1, 0.15) is 10.7 Å². The lowest BCUT2D eigenvalue weighted by Gasteiger charge is -2.15. The largest absolute Gasteiger partial charge is 0.306 e. The Kier molecular flexibility index (Phi) is 4.93. The van der Waals surface area contributed by atoms with Crippen LogP contribution < -0.4 is 5.32 Å². The van der Waals surface area contributed by atoms with E-state index in [0.717, 1.165) is 17.4 Å². The fourth-order valence-corrected chi connectivity index (χ4v) is 2.92. The monoisotopic (exact) mass is 322 g/mol. The molecule has 0 radical (unpaired) electrons. The minimum atomic E-state index is -3.54. The van der Waals surface area contributed by atoms with E-state index < -0.39 is 15.7 Å². The van der Waals surface area contributed by atoms with Gasteiger partial charge in [0.2, 0.25) is 0 Å². The molecule has 1 N–H and O–H groups in total. The fourth-order valence-electron chi connectivity index (χ4n) is 2.19. The Morgan fingerprint density at radius 3 is 2.59 bits per heavy atom. The average molecular weight is 322 g/mol. The molecule has 1 unspecified atom stereocenters. The van der Waals surface area contributed by atoms with Crippen LogP contribution in [0.2, 0.25) is 0 Å². The number of hydrogen-bond donors (Lipinski definition) is 1. The molecule has 2 rings (SSSR count). The molecule has 1 aromatic carbocycles. The SMILES string of the molecule is Cc1cncc(CNC(C)c2ccc(S(C)(=O)=O)c(F)c2)c1. The van der Waals surface area contributed by atoms with Gasteiger partial charge in [-0.15, -0.1) is 0 Å². The van der Waals surface area contributed by atoms with Gasteiger partial charge in [-0.05, 0) is 42.7 Å². The number of aromatic nitrogens is 1.